The average molecular weight is 343 g/mol. The van der Waals surface area contributed by atoms with E-state index in [9.17, 15) is 9.59 Å². The lowest BCUT2D eigenvalue weighted by molar-refractivity contribution is -0.116. The molecule has 10 nitrogen and oxygen atoms in total. The molecule has 0 saturated carbocycles. The normalized spacial score (nSPS) is 10.7. The van der Waals surface area contributed by atoms with Gasteiger partial charge in [0, 0.05) is 12.7 Å². The fraction of sp³-hybridized carbons (Fsp3) is 0.267. The van der Waals surface area contributed by atoms with Crippen LogP contribution in [0.25, 0.3) is 11.0 Å². The highest BCUT2D eigenvalue weighted by atomic mass is 16.5. The summed E-state index contributed by atoms with van der Waals surface area (Å²) in [5.74, 6) is 0.818. The second-order valence-corrected chi connectivity index (χ2v) is 5.39. The number of carbonyl (C=O) groups excluding carboxylic acids is 2. The van der Waals surface area contributed by atoms with Crippen molar-refractivity contribution in [2.24, 2.45) is 7.05 Å². The Hall–Kier alpha value is -3.43. The molecule has 0 aliphatic carbocycles. The SMILES string of the molecule is COC(=O)Nc1cn(CC(=O)Nc2ccc3c(c2)nc(C)n3C)nn1. The Kier molecular flexibility index (Phi) is 4.33. The highest BCUT2D eigenvalue weighted by Gasteiger charge is 2.10. The van der Waals surface area contributed by atoms with E-state index in [1.807, 2.05) is 36.7 Å². The van der Waals surface area contributed by atoms with Gasteiger partial charge in [0.15, 0.2) is 5.82 Å². The number of hydrogen-bond donors (Lipinski definition) is 2. The van der Waals surface area contributed by atoms with Gasteiger partial charge in [-0.15, -0.1) is 5.10 Å². The Morgan fingerprint density at radius 1 is 1.28 bits per heavy atom. The maximum Gasteiger partial charge on any atom is 0.412 e. The van der Waals surface area contributed by atoms with Crippen LogP contribution in [0.5, 0.6) is 0 Å². The number of nitrogens with zero attached hydrogens (tertiary/aromatic N) is 5. The minimum atomic E-state index is -0.657. The van der Waals surface area contributed by atoms with Crippen LogP contribution >= 0.6 is 0 Å². The fourth-order valence-corrected chi connectivity index (χ4v) is 2.33. The van der Waals surface area contributed by atoms with E-state index in [-0.39, 0.29) is 18.3 Å². The van der Waals surface area contributed by atoms with Gasteiger partial charge in [-0.2, -0.15) is 0 Å². The molecule has 25 heavy (non-hydrogen) atoms. The van der Waals surface area contributed by atoms with Gasteiger partial charge in [0.25, 0.3) is 0 Å². The number of hydrogen-bond acceptors (Lipinski definition) is 6. The van der Waals surface area contributed by atoms with Crippen LogP contribution in [0.15, 0.2) is 24.4 Å². The van der Waals surface area contributed by atoms with Crippen molar-refractivity contribution in [3.05, 3.63) is 30.2 Å². The lowest BCUT2D eigenvalue weighted by atomic mass is 10.2. The van der Waals surface area contributed by atoms with E-state index in [2.05, 4.69) is 30.7 Å². The third kappa shape index (κ3) is 3.57. The fourth-order valence-electron chi connectivity index (χ4n) is 2.33. The first-order chi connectivity index (χ1) is 12.0. The minimum Gasteiger partial charge on any atom is -0.453 e. The molecule has 2 amide bonds. The van der Waals surface area contributed by atoms with Crippen LogP contribution in [0.3, 0.4) is 0 Å². The molecule has 1 aromatic carbocycles. The van der Waals surface area contributed by atoms with E-state index in [0.717, 1.165) is 16.9 Å². The molecule has 0 atom stereocenters. The molecule has 0 fully saturated rings. The van der Waals surface area contributed by atoms with Gasteiger partial charge in [-0.05, 0) is 25.1 Å². The number of nitrogens with one attached hydrogen (secondary N) is 2. The summed E-state index contributed by atoms with van der Waals surface area (Å²) in [5.41, 5.74) is 2.44. The van der Waals surface area contributed by atoms with E-state index in [0.29, 0.717) is 5.69 Å². The summed E-state index contributed by atoms with van der Waals surface area (Å²) in [6.45, 7) is 1.87. The van der Waals surface area contributed by atoms with E-state index in [4.69, 9.17) is 0 Å². The first-order valence-corrected chi connectivity index (χ1v) is 7.44. The Labute approximate surface area is 142 Å². The first-order valence-electron chi connectivity index (χ1n) is 7.44. The summed E-state index contributed by atoms with van der Waals surface area (Å²) in [6, 6.07) is 5.53. The van der Waals surface area contributed by atoms with Crippen molar-refractivity contribution in [2.75, 3.05) is 17.7 Å². The standard InChI is InChI=1S/C15H17N7O3/c1-9-16-11-6-10(4-5-12(11)21(9)2)17-14(23)8-22-7-13(19-20-22)18-15(24)25-3/h4-7H,8H2,1-3H3,(H,17,23)(H,18,24). The molecule has 10 heteroatoms. The van der Waals surface area contributed by atoms with Crippen LogP contribution in [0.1, 0.15) is 5.82 Å². The van der Waals surface area contributed by atoms with E-state index < -0.39 is 6.09 Å². The van der Waals surface area contributed by atoms with Crippen molar-refractivity contribution in [3.8, 4) is 0 Å². The monoisotopic (exact) mass is 343 g/mol. The number of amides is 2. The summed E-state index contributed by atoms with van der Waals surface area (Å²) in [5, 5.41) is 12.6. The molecule has 2 heterocycles. The second-order valence-electron chi connectivity index (χ2n) is 5.39. The Balaban J connectivity index is 1.65. The maximum absolute atomic E-state index is 12.1. The number of fused-ring (bicyclic) bond motifs is 1. The van der Waals surface area contributed by atoms with Gasteiger partial charge < -0.3 is 14.6 Å². The van der Waals surface area contributed by atoms with E-state index in [1.165, 1.54) is 18.0 Å². The summed E-state index contributed by atoms with van der Waals surface area (Å²) in [4.78, 5) is 27.7. The molecule has 3 aromatic rings. The largest absolute Gasteiger partial charge is 0.453 e. The first kappa shape index (κ1) is 16.4. The number of anilines is 2. The Bertz CT molecular complexity index is 944. The Morgan fingerprint density at radius 3 is 2.84 bits per heavy atom. The summed E-state index contributed by atoms with van der Waals surface area (Å²) in [6.07, 6.45) is 0.775. The van der Waals surface area contributed by atoms with Crippen LogP contribution in [0.4, 0.5) is 16.3 Å². The van der Waals surface area contributed by atoms with Crippen LogP contribution in [0.2, 0.25) is 0 Å². The van der Waals surface area contributed by atoms with Gasteiger partial charge in [0.2, 0.25) is 5.91 Å². The lowest BCUT2D eigenvalue weighted by Gasteiger charge is -2.05. The lowest BCUT2D eigenvalue weighted by Crippen LogP contribution is -2.19. The smallest absolute Gasteiger partial charge is 0.412 e. The van der Waals surface area contributed by atoms with Crippen molar-refractivity contribution in [1.82, 2.24) is 24.5 Å². The molecule has 3 rings (SSSR count). The zero-order valence-electron chi connectivity index (χ0n) is 14.0. The van der Waals surface area contributed by atoms with Crippen molar-refractivity contribution in [3.63, 3.8) is 0 Å². The number of carbonyl (C=O) groups is 2. The zero-order chi connectivity index (χ0) is 18.0. The van der Waals surface area contributed by atoms with Crippen LogP contribution in [0, 0.1) is 6.92 Å². The number of rotatable bonds is 4. The number of methoxy groups -OCH3 is 1. The molecule has 2 N–H and O–H groups in total. The summed E-state index contributed by atoms with van der Waals surface area (Å²) >= 11 is 0. The Morgan fingerprint density at radius 2 is 2.08 bits per heavy atom. The number of benzene rings is 1. The molecule has 0 spiro atoms. The molecular weight excluding hydrogens is 326 g/mol. The molecule has 0 bridgehead atoms. The molecule has 0 unspecified atom stereocenters. The minimum absolute atomic E-state index is 0.0465. The molecule has 0 saturated heterocycles. The third-order valence-electron chi connectivity index (χ3n) is 3.65. The van der Waals surface area contributed by atoms with Crippen LogP contribution < -0.4 is 10.6 Å². The molecular formula is C15H17N7O3. The highest BCUT2D eigenvalue weighted by Crippen LogP contribution is 2.19. The third-order valence-corrected chi connectivity index (χ3v) is 3.65. The van der Waals surface area contributed by atoms with Crippen molar-refractivity contribution in [1.29, 1.82) is 0 Å². The van der Waals surface area contributed by atoms with Crippen molar-refractivity contribution in [2.45, 2.75) is 13.5 Å². The van der Waals surface area contributed by atoms with Gasteiger partial charge in [-0.25, -0.2) is 14.5 Å². The maximum atomic E-state index is 12.1. The van der Waals surface area contributed by atoms with E-state index >= 15 is 0 Å². The van der Waals surface area contributed by atoms with Crippen LogP contribution in [-0.2, 0) is 23.1 Å². The van der Waals surface area contributed by atoms with Gasteiger partial charge in [-0.3, -0.25) is 10.1 Å². The number of aromatic nitrogens is 5. The zero-order valence-corrected chi connectivity index (χ0v) is 14.0. The molecule has 0 aliphatic rings. The summed E-state index contributed by atoms with van der Waals surface area (Å²) in [7, 11) is 3.18. The van der Waals surface area contributed by atoms with Gasteiger partial charge in [-0.1, -0.05) is 5.21 Å². The van der Waals surface area contributed by atoms with Crippen molar-refractivity contribution >= 4 is 34.5 Å². The number of ether oxygens (including phenoxy) is 1. The average Bonchev–Trinajstić information content (AvgIpc) is 3.11. The second kappa shape index (κ2) is 6.59. The predicted octanol–water partition coefficient (Wildman–Crippen LogP) is 1.29. The van der Waals surface area contributed by atoms with E-state index in [1.54, 1.807) is 0 Å². The molecule has 0 aliphatic heterocycles. The molecule has 130 valence electrons. The molecule has 0 radical (unpaired) electrons. The van der Waals surface area contributed by atoms with Crippen LogP contribution in [-0.4, -0.2) is 43.7 Å². The topological polar surface area (TPSA) is 116 Å². The number of aryl methyl sites for hydroxylation is 2. The highest BCUT2D eigenvalue weighted by molar-refractivity contribution is 5.93. The van der Waals surface area contributed by atoms with Crippen molar-refractivity contribution < 1.29 is 14.3 Å². The summed E-state index contributed by atoms with van der Waals surface area (Å²) < 4.78 is 7.74. The quantitative estimate of drug-likeness (QED) is 0.737. The number of imidazole rings is 1. The molecule has 2 aromatic heterocycles. The van der Waals surface area contributed by atoms with Gasteiger partial charge in [0.1, 0.15) is 12.4 Å². The van der Waals surface area contributed by atoms with Gasteiger partial charge in [0.05, 0.1) is 24.3 Å². The van der Waals surface area contributed by atoms with Gasteiger partial charge >= 0.3 is 6.09 Å². The predicted molar refractivity (Wildman–Crippen MR) is 90.1 cm³/mol.